The Balaban J connectivity index is 1.34. The Bertz CT molecular complexity index is 1010. The lowest BCUT2D eigenvalue weighted by Gasteiger charge is -2.24. The predicted octanol–water partition coefficient (Wildman–Crippen LogP) is 2.53. The van der Waals surface area contributed by atoms with E-state index in [2.05, 4.69) is 25.5 Å². The molecular weight excluding hydrogens is 404 g/mol. The Morgan fingerprint density at radius 1 is 1.22 bits per heavy atom. The molecule has 2 saturated heterocycles. The van der Waals surface area contributed by atoms with Crippen LogP contribution in [0.2, 0.25) is 0 Å². The summed E-state index contributed by atoms with van der Waals surface area (Å²) < 4.78 is 0. The number of amides is 1. The summed E-state index contributed by atoms with van der Waals surface area (Å²) in [6.07, 6.45) is 11.8. The fourth-order valence-electron chi connectivity index (χ4n) is 4.35. The van der Waals surface area contributed by atoms with E-state index >= 15 is 0 Å². The minimum atomic E-state index is -0.164. The number of carbonyl (C=O) groups excluding carboxylic acids is 1. The predicted molar refractivity (Wildman–Crippen MR) is 128 cm³/mol. The van der Waals surface area contributed by atoms with E-state index < -0.39 is 0 Å². The van der Waals surface area contributed by atoms with Crippen LogP contribution in [-0.4, -0.2) is 71.5 Å². The standard InChI is InChI=1S/C24H32N6O2/c1-25-22-15-18(7-9-26-22)19-14-21(24(32)27-16-19)28-20-8-13-30(17-20)23(31)6-5-12-29-10-3-2-4-11-29/h5-7,9,14-16,20,28H,2-4,8,10-13,17H2,1H3,(H,25,26)(H,27,32)/b6-5+. The van der Waals surface area contributed by atoms with Crippen LogP contribution in [0.4, 0.5) is 11.5 Å². The largest absolute Gasteiger partial charge is 0.376 e. The Labute approximate surface area is 188 Å². The molecule has 2 fully saturated rings. The first-order valence-corrected chi connectivity index (χ1v) is 11.4. The molecule has 4 heterocycles. The summed E-state index contributed by atoms with van der Waals surface area (Å²) in [5.74, 6) is 0.812. The van der Waals surface area contributed by atoms with Crippen molar-refractivity contribution in [1.82, 2.24) is 19.8 Å². The zero-order valence-electron chi connectivity index (χ0n) is 18.6. The van der Waals surface area contributed by atoms with Gasteiger partial charge in [0.1, 0.15) is 11.5 Å². The highest BCUT2D eigenvalue weighted by molar-refractivity contribution is 5.88. The molecule has 170 valence electrons. The molecule has 1 unspecified atom stereocenters. The molecule has 0 radical (unpaired) electrons. The number of nitrogens with zero attached hydrogens (tertiary/aromatic N) is 3. The van der Waals surface area contributed by atoms with Crippen LogP contribution in [0.3, 0.4) is 0 Å². The summed E-state index contributed by atoms with van der Waals surface area (Å²) in [6.45, 7) is 4.37. The third kappa shape index (κ3) is 5.56. The summed E-state index contributed by atoms with van der Waals surface area (Å²) in [5.41, 5.74) is 2.22. The normalized spacial score (nSPS) is 19.4. The van der Waals surface area contributed by atoms with E-state index in [1.165, 1.54) is 19.3 Å². The van der Waals surface area contributed by atoms with Crippen molar-refractivity contribution in [1.29, 1.82) is 0 Å². The van der Waals surface area contributed by atoms with E-state index in [1.807, 2.05) is 36.2 Å². The zero-order chi connectivity index (χ0) is 22.3. The van der Waals surface area contributed by atoms with Crippen molar-refractivity contribution in [2.75, 3.05) is 50.4 Å². The van der Waals surface area contributed by atoms with Crippen LogP contribution in [-0.2, 0) is 4.79 Å². The quantitative estimate of drug-likeness (QED) is 0.578. The Morgan fingerprint density at radius 3 is 2.88 bits per heavy atom. The molecule has 0 aliphatic carbocycles. The lowest BCUT2D eigenvalue weighted by Crippen LogP contribution is -2.32. The maximum atomic E-state index is 12.6. The van der Waals surface area contributed by atoms with Crippen LogP contribution in [0.1, 0.15) is 25.7 Å². The first-order valence-electron chi connectivity index (χ1n) is 11.4. The van der Waals surface area contributed by atoms with Crippen molar-refractivity contribution < 1.29 is 4.79 Å². The van der Waals surface area contributed by atoms with Gasteiger partial charge in [-0.2, -0.15) is 0 Å². The first kappa shape index (κ1) is 22.1. The van der Waals surface area contributed by atoms with E-state index in [4.69, 9.17) is 0 Å². The number of piperidine rings is 1. The summed E-state index contributed by atoms with van der Waals surface area (Å²) in [5, 5.41) is 6.37. The lowest BCUT2D eigenvalue weighted by molar-refractivity contribution is -0.125. The van der Waals surface area contributed by atoms with Crippen LogP contribution in [0.15, 0.2) is 47.5 Å². The van der Waals surface area contributed by atoms with Gasteiger partial charge in [0.05, 0.1) is 0 Å². The smallest absolute Gasteiger partial charge is 0.271 e. The van der Waals surface area contributed by atoms with Crippen molar-refractivity contribution >= 4 is 17.4 Å². The number of rotatable bonds is 7. The second-order valence-electron chi connectivity index (χ2n) is 8.49. The highest BCUT2D eigenvalue weighted by Crippen LogP contribution is 2.23. The Morgan fingerprint density at radius 2 is 2.06 bits per heavy atom. The number of carbonyl (C=O) groups is 1. The van der Waals surface area contributed by atoms with E-state index in [-0.39, 0.29) is 17.5 Å². The van der Waals surface area contributed by atoms with Gasteiger partial charge in [-0.05, 0) is 56.1 Å². The number of hydrogen-bond donors (Lipinski definition) is 3. The monoisotopic (exact) mass is 436 g/mol. The minimum Gasteiger partial charge on any atom is -0.376 e. The summed E-state index contributed by atoms with van der Waals surface area (Å²) >= 11 is 0. The van der Waals surface area contributed by atoms with Crippen LogP contribution >= 0.6 is 0 Å². The number of pyridine rings is 2. The van der Waals surface area contributed by atoms with Gasteiger partial charge in [-0.25, -0.2) is 4.98 Å². The molecule has 2 aliphatic heterocycles. The van der Waals surface area contributed by atoms with Crippen molar-refractivity contribution in [3.05, 3.63) is 53.1 Å². The van der Waals surface area contributed by atoms with Crippen molar-refractivity contribution in [2.24, 2.45) is 0 Å². The molecule has 1 amide bonds. The molecule has 4 rings (SSSR count). The number of likely N-dealkylation sites (tertiary alicyclic amines) is 2. The topological polar surface area (TPSA) is 93.4 Å². The van der Waals surface area contributed by atoms with Crippen LogP contribution < -0.4 is 16.2 Å². The maximum Gasteiger partial charge on any atom is 0.271 e. The highest BCUT2D eigenvalue weighted by Gasteiger charge is 2.25. The lowest BCUT2D eigenvalue weighted by atomic mass is 10.1. The molecule has 2 aliphatic rings. The molecule has 3 N–H and O–H groups in total. The van der Waals surface area contributed by atoms with Gasteiger partial charge < -0.3 is 20.5 Å². The molecule has 2 aromatic heterocycles. The molecule has 1 atom stereocenters. The number of aromatic nitrogens is 2. The van der Waals surface area contributed by atoms with Crippen molar-refractivity contribution in [2.45, 2.75) is 31.7 Å². The molecule has 0 spiro atoms. The third-order valence-corrected chi connectivity index (χ3v) is 6.18. The summed E-state index contributed by atoms with van der Waals surface area (Å²) in [7, 11) is 1.82. The number of aromatic amines is 1. The Kier molecular flexibility index (Phi) is 7.21. The fourth-order valence-corrected chi connectivity index (χ4v) is 4.35. The van der Waals surface area contributed by atoms with E-state index in [9.17, 15) is 9.59 Å². The first-order chi connectivity index (χ1) is 15.6. The average Bonchev–Trinajstić information content (AvgIpc) is 3.30. The van der Waals surface area contributed by atoms with Crippen LogP contribution in [0.25, 0.3) is 11.1 Å². The van der Waals surface area contributed by atoms with E-state index in [1.54, 1.807) is 18.5 Å². The molecule has 2 aromatic rings. The van der Waals surface area contributed by atoms with Crippen molar-refractivity contribution in [3.8, 4) is 11.1 Å². The van der Waals surface area contributed by atoms with Gasteiger partial charge in [-0.1, -0.05) is 12.5 Å². The summed E-state index contributed by atoms with van der Waals surface area (Å²) in [6, 6.07) is 5.75. The fraction of sp³-hybridized carbons (Fsp3) is 0.458. The van der Waals surface area contributed by atoms with Gasteiger partial charge in [0.2, 0.25) is 5.91 Å². The Hall–Kier alpha value is -3.13. The average molecular weight is 437 g/mol. The van der Waals surface area contributed by atoms with Gasteiger partial charge in [-0.3, -0.25) is 14.5 Å². The number of anilines is 2. The van der Waals surface area contributed by atoms with Gasteiger partial charge >= 0.3 is 0 Å². The van der Waals surface area contributed by atoms with Crippen LogP contribution in [0, 0.1) is 0 Å². The SMILES string of the molecule is CNc1cc(-c2c[nH]c(=O)c(NC3CCN(C(=O)/C=C/CN4CCCCC4)C3)c2)ccn1. The molecule has 0 aromatic carbocycles. The molecular formula is C24H32N6O2. The highest BCUT2D eigenvalue weighted by atomic mass is 16.2. The second-order valence-corrected chi connectivity index (χ2v) is 8.49. The molecule has 32 heavy (non-hydrogen) atoms. The minimum absolute atomic E-state index is 0.0466. The van der Waals surface area contributed by atoms with Gasteiger partial charge in [0, 0.05) is 56.8 Å². The number of H-pyrrole nitrogens is 1. The number of nitrogens with one attached hydrogen (secondary N) is 3. The van der Waals surface area contributed by atoms with Crippen molar-refractivity contribution in [3.63, 3.8) is 0 Å². The van der Waals surface area contributed by atoms with E-state index in [0.29, 0.717) is 18.8 Å². The molecule has 0 saturated carbocycles. The third-order valence-electron chi connectivity index (χ3n) is 6.18. The zero-order valence-corrected chi connectivity index (χ0v) is 18.6. The van der Waals surface area contributed by atoms with Gasteiger partial charge in [0.15, 0.2) is 0 Å². The number of hydrogen-bond acceptors (Lipinski definition) is 6. The molecule has 8 heteroatoms. The molecule has 8 nitrogen and oxygen atoms in total. The van der Waals surface area contributed by atoms with E-state index in [0.717, 1.165) is 43.0 Å². The van der Waals surface area contributed by atoms with Gasteiger partial charge in [-0.15, -0.1) is 0 Å². The summed E-state index contributed by atoms with van der Waals surface area (Å²) in [4.78, 5) is 36.2. The maximum absolute atomic E-state index is 12.6. The second kappa shape index (κ2) is 10.5. The molecule has 0 bridgehead atoms. The van der Waals surface area contributed by atoms with Crippen LogP contribution in [0.5, 0.6) is 0 Å². The van der Waals surface area contributed by atoms with Gasteiger partial charge in [0.25, 0.3) is 5.56 Å².